The van der Waals surface area contributed by atoms with E-state index in [9.17, 15) is 4.79 Å². The summed E-state index contributed by atoms with van der Waals surface area (Å²) in [6.45, 7) is 0. The van der Waals surface area contributed by atoms with Crippen molar-refractivity contribution in [3.63, 3.8) is 0 Å². The van der Waals surface area contributed by atoms with Gasteiger partial charge in [-0.25, -0.2) is 4.99 Å². The van der Waals surface area contributed by atoms with E-state index in [4.69, 9.17) is 5.41 Å². The number of aliphatic imine (C=N–C) groups is 1. The molecule has 1 aromatic carbocycles. The standard InChI is InChI=1S/C11H7N3OS2/c12-9-6-4-2-1-3-5(6)7(13-9)8-10(16)14-11(15)17-8/h1-4,12,16H,(H,14,15). The van der Waals surface area contributed by atoms with E-state index in [0.29, 0.717) is 15.6 Å². The number of amidine groups is 1. The maximum atomic E-state index is 11.3. The molecule has 0 bridgehead atoms. The van der Waals surface area contributed by atoms with Crippen molar-refractivity contribution in [2.75, 3.05) is 0 Å². The molecule has 2 N–H and O–H groups in total. The summed E-state index contributed by atoms with van der Waals surface area (Å²) in [6.07, 6.45) is 0. The Balaban J connectivity index is 2.25. The van der Waals surface area contributed by atoms with Crippen molar-refractivity contribution in [1.29, 1.82) is 5.41 Å². The number of nitrogens with one attached hydrogen (secondary N) is 2. The second kappa shape index (κ2) is 3.68. The summed E-state index contributed by atoms with van der Waals surface area (Å²) in [7, 11) is 0. The van der Waals surface area contributed by atoms with Crippen molar-refractivity contribution in [3.05, 3.63) is 49.9 Å². The maximum Gasteiger partial charge on any atom is 0.305 e. The minimum atomic E-state index is -0.163. The summed E-state index contributed by atoms with van der Waals surface area (Å²) in [5.74, 6) is 0.226. The van der Waals surface area contributed by atoms with Crippen molar-refractivity contribution < 1.29 is 0 Å². The van der Waals surface area contributed by atoms with E-state index in [-0.39, 0.29) is 10.7 Å². The molecular weight excluding hydrogens is 254 g/mol. The van der Waals surface area contributed by atoms with Crippen molar-refractivity contribution in [2.45, 2.75) is 5.03 Å². The molecule has 0 fully saturated rings. The highest BCUT2D eigenvalue weighted by Crippen LogP contribution is 2.26. The molecule has 1 aliphatic heterocycles. The average Bonchev–Trinajstić information content (AvgIpc) is 2.80. The Morgan fingerprint density at radius 3 is 2.65 bits per heavy atom. The van der Waals surface area contributed by atoms with Gasteiger partial charge in [-0.15, -0.1) is 12.6 Å². The predicted molar refractivity (Wildman–Crippen MR) is 71.1 cm³/mol. The first-order chi connectivity index (χ1) is 8.16. The average molecular weight is 261 g/mol. The van der Waals surface area contributed by atoms with E-state index in [0.717, 1.165) is 22.5 Å². The molecule has 0 radical (unpaired) electrons. The molecule has 0 amide bonds. The summed E-state index contributed by atoms with van der Waals surface area (Å²) < 4.78 is 0. The quantitative estimate of drug-likeness (QED) is 0.674. The van der Waals surface area contributed by atoms with Crippen LogP contribution >= 0.6 is 24.0 Å². The van der Waals surface area contributed by atoms with E-state index in [1.165, 1.54) is 0 Å². The third kappa shape index (κ3) is 1.57. The van der Waals surface area contributed by atoms with Crippen molar-refractivity contribution in [1.82, 2.24) is 4.98 Å². The Bertz CT molecular complexity index is 712. The van der Waals surface area contributed by atoms with Crippen LogP contribution in [0.25, 0.3) is 0 Å². The molecule has 0 unspecified atom stereocenters. The van der Waals surface area contributed by atoms with Crippen molar-refractivity contribution in [3.8, 4) is 0 Å². The molecule has 3 rings (SSSR count). The van der Waals surface area contributed by atoms with Crippen LogP contribution in [0, 0.1) is 5.41 Å². The summed E-state index contributed by atoms with van der Waals surface area (Å²) in [6, 6.07) is 7.50. The first kappa shape index (κ1) is 10.5. The van der Waals surface area contributed by atoms with Gasteiger partial charge in [0, 0.05) is 11.1 Å². The largest absolute Gasteiger partial charge is 0.307 e. The molecule has 0 saturated carbocycles. The van der Waals surface area contributed by atoms with Crippen LogP contribution < -0.4 is 4.87 Å². The molecule has 1 aromatic heterocycles. The Labute approximate surface area is 106 Å². The predicted octanol–water partition coefficient (Wildman–Crippen LogP) is 1.90. The second-order valence-corrected chi connectivity index (χ2v) is 4.98. The monoisotopic (exact) mass is 261 g/mol. The van der Waals surface area contributed by atoms with Gasteiger partial charge >= 0.3 is 4.87 Å². The number of hydrogen-bond donors (Lipinski definition) is 3. The van der Waals surface area contributed by atoms with Gasteiger partial charge in [0.2, 0.25) is 0 Å². The Kier molecular flexibility index (Phi) is 2.27. The highest BCUT2D eigenvalue weighted by atomic mass is 32.1. The lowest BCUT2D eigenvalue weighted by Gasteiger charge is -2.00. The van der Waals surface area contributed by atoms with Gasteiger partial charge in [0.05, 0.1) is 15.6 Å². The number of hydrogen-bond acceptors (Lipinski definition) is 4. The Morgan fingerprint density at radius 1 is 1.29 bits per heavy atom. The lowest BCUT2D eigenvalue weighted by molar-refractivity contribution is 1.16. The van der Waals surface area contributed by atoms with E-state index in [2.05, 4.69) is 22.6 Å². The fourth-order valence-corrected chi connectivity index (χ4v) is 2.94. The molecule has 6 heteroatoms. The SMILES string of the molecule is N=C1N=C(c2sc(=O)[nH]c2S)c2ccccc21. The zero-order valence-electron chi connectivity index (χ0n) is 8.52. The van der Waals surface area contributed by atoms with E-state index < -0.39 is 0 Å². The molecule has 2 aromatic rings. The van der Waals surface area contributed by atoms with Gasteiger partial charge < -0.3 is 4.98 Å². The number of thiol groups is 1. The van der Waals surface area contributed by atoms with Crippen LogP contribution in [0.1, 0.15) is 16.0 Å². The van der Waals surface area contributed by atoms with Crippen molar-refractivity contribution >= 4 is 35.5 Å². The molecule has 2 heterocycles. The van der Waals surface area contributed by atoms with Gasteiger partial charge in [-0.3, -0.25) is 10.2 Å². The molecule has 0 saturated heterocycles. The fourth-order valence-electron chi connectivity index (χ4n) is 1.78. The number of fused-ring (bicyclic) bond motifs is 1. The molecule has 1 aliphatic rings. The number of H-pyrrole nitrogens is 1. The van der Waals surface area contributed by atoms with Gasteiger partial charge in [0.15, 0.2) is 5.84 Å². The first-order valence-electron chi connectivity index (χ1n) is 4.86. The molecule has 0 aliphatic carbocycles. The third-order valence-electron chi connectivity index (χ3n) is 2.51. The van der Waals surface area contributed by atoms with Crippen LogP contribution in [-0.2, 0) is 0 Å². The first-order valence-corrected chi connectivity index (χ1v) is 6.12. The molecular formula is C11H7N3OS2. The number of aromatic amines is 1. The molecule has 0 atom stereocenters. The zero-order chi connectivity index (χ0) is 12.0. The van der Waals surface area contributed by atoms with E-state index in [1.54, 1.807) is 0 Å². The van der Waals surface area contributed by atoms with Gasteiger partial charge in [-0.2, -0.15) is 0 Å². The van der Waals surface area contributed by atoms with E-state index >= 15 is 0 Å². The van der Waals surface area contributed by atoms with Crippen LogP contribution in [0.15, 0.2) is 39.1 Å². The zero-order valence-corrected chi connectivity index (χ0v) is 10.2. The van der Waals surface area contributed by atoms with Crippen LogP contribution in [0.3, 0.4) is 0 Å². The molecule has 17 heavy (non-hydrogen) atoms. The summed E-state index contributed by atoms with van der Waals surface area (Å²) in [4.78, 5) is 18.6. The lowest BCUT2D eigenvalue weighted by Crippen LogP contribution is -1.98. The van der Waals surface area contributed by atoms with Crippen LogP contribution in [0.2, 0.25) is 0 Å². The summed E-state index contributed by atoms with van der Waals surface area (Å²) in [5, 5.41) is 8.29. The normalized spacial score (nSPS) is 13.7. The van der Waals surface area contributed by atoms with Crippen LogP contribution in [0.5, 0.6) is 0 Å². The number of thiazole rings is 1. The highest BCUT2D eigenvalue weighted by Gasteiger charge is 2.24. The lowest BCUT2D eigenvalue weighted by atomic mass is 10.1. The van der Waals surface area contributed by atoms with Gasteiger partial charge in [0.25, 0.3) is 0 Å². The van der Waals surface area contributed by atoms with Gasteiger partial charge in [0.1, 0.15) is 0 Å². The third-order valence-corrected chi connectivity index (χ3v) is 3.88. The molecule has 4 nitrogen and oxygen atoms in total. The number of rotatable bonds is 1. The number of benzene rings is 1. The molecule has 0 spiro atoms. The second-order valence-electron chi connectivity index (χ2n) is 3.55. The highest BCUT2D eigenvalue weighted by molar-refractivity contribution is 7.80. The number of aromatic nitrogens is 1. The topological polar surface area (TPSA) is 69.1 Å². The van der Waals surface area contributed by atoms with Gasteiger partial charge in [-0.1, -0.05) is 35.6 Å². The van der Waals surface area contributed by atoms with Gasteiger partial charge in [-0.05, 0) is 0 Å². The summed E-state index contributed by atoms with van der Waals surface area (Å²) in [5.41, 5.74) is 2.32. The van der Waals surface area contributed by atoms with Crippen LogP contribution in [0.4, 0.5) is 0 Å². The smallest absolute Gasteiger partial charge is 0.305 e. The minimum absolute atomic E-state index is 0.163. The number of nitrogens with zero attached hydrogens (tertiary/aromatic N) is 1. The Morgan fingerprint density at radius 2 is 2.00 bits per heavy atom. The summed E-state index contributed by atoms with van der Waals surface area (Å²) >= 11 is 5.28. The van der Waals surface area contributed by atoms with E-state index in [1.807, 2.05) is 24.3 Å². The van der Waals surface area contributed by atoms with Crippen LogP contribution in [-0.4, -0.2) is 16.5 Å². The van der Waals surface area contributed by atoms with Crippen molar-refractivity contribution in [2.24, 2.45) is 4.99 Å². The molecule has 84 valence electrons. The fraction of sp³-hybridized carbons (Fsp3) is 0. The maximum absolute atomic E-state index is 11.3. The minimum Gasteiger partial charge on any atom is -0.307 e. The Hall–Kier alpha value is -1.66.